The van der Waals surface area contributed by atoms with E-state index in [1.54, 1.807) is 67.8 Å². The van der Waals surface area contributed by atoms with Gasteiger partial charge in [0.05, 0.1) is 12.7 Å². The number of halogens is 4. The maximum absolute atomic E-state index is 12.9. The lowest BCUT2D eigenvalue weighted by Gasteiger charge is -2.06. The number of H-pyrrole nitrogens is 4. The number of hydrogen-bond acceptors (Lipinski definition) is 5. The highest BCUT2D eigenvalue weighted by molar-refractivity contribution is 6.09. The molecule has 412 valence electrons. The Bertz CT molecular complexity index is 4310. The van der Waals surface area contributed by atoms with E-state index < -0.39 is 35.4 Å². The molecule has 4 heterocycles. The molecule has 8 aromatic carbocycles. The minimum Gasteiger partial charge on any atom is -0.497 e. The first-order chi connectivity index (χ1) is 39.3. The second kappa shape index (κ2) is 23.7. The van der Waals surface area contributed by atoms with E-state index in [1.807, 2.05) is 72.8 Å². The molecule has 0 aliphatic carbocycles. The topological polar surface area (TPSA) is 245 Å². The Labute approximate surface area is 466 Å². The van der Waals surface area contributed by atoms with E-state index >= 15 is 0 Å². The van der Waals surface area contributed by atoms with Gasteiger partial charge in [-0.05, 0) is 149 Å². The Hall–Kier alpha value is -10.7. The predicted octanol–water partition coefficient (Wildman–Crippen LogP) is 14.0. The van der Waals surface area contributed by atoms with Crippen LogP contribution >= 0.6 is 0 Å². The highest BCUT2D eigenvalue weighted by Gasteiger charge is 2.30. The molecule has 0 fully saturated rings. The number of fused-ring (bicyclic) bond motifs is 4. The summed E-state index contributed by atoms with van der Waals surface area (Å²) in [4.78, 5) is 58.6. The van der Waals surface area contributed by atoms with E-state index in [4.69, 9.17) is 27.7 Å². The quantitative estimate of drug-likeness (QED) is 0.0621. The molecule has 0 spiro atoms. The monoisotopic (exact) mass is 1100 g/mol. The summed E-state index contributed by atoms with van der Waals surface area (Å²) in [6.07, 6.45) is -4.36. The molecule has 4 aromatic heterocycles. The van der Waals surface area contributed by atoms with Crippen LogP contribution in [-0.4, -0.2) is 50.7 Å². The average Bonchev–Trinajstić information content (AvgIpc) is 4.46. The molecule has 0 aliphatic heterocycles. The number of ether oxygens (including phenoxy) is 1. The van der Waals surface area contributed by atoms with Crippen LogP contribution in [0.5, 0.6) is 5.75 Å². The molecular weight excluding hydrogens is 1050 g/mol. The van der Waals surface area contributed by atoms with Gasteiger partial charge < -0.3 is 47.6 Å². The van der Waals surface area contributed by atoms with E-state index in [2.05, 4.69) is 58.0 Å². The number of nitrogens with one attached hydrogen (secondary N) is 4. The minimum absolute atomic E-state index is 0.280. The second-order valence-electron chi connectivity index (χ2n) is 19.3. The molecular formula is C65H54F4N8O5. The third kappa shape index (κ3) is 12.4. The van der Waals surface area contributed by atoms with Crippen molar-refractivity contribution in [1.82, 2.24) is 19.9 Å². The van der Waals surface area contributed by atoms with E-state index in [0.717, 1.165) is 84.4 Å². The molecule has 0 radical (unpaired) electrons. The van der Waals surface area contributed by atoms with Gasteiger partial charge in [-0.15, -0.1) is 0 Å². The van der Waals surface area contributed by atoms with Crippen molar-refractivity contribution in [2.75, 3.05) is 7.11 Å². The lowest BCUT2D eigenvalue weighted by Crippen LogP contribution is -2.10. The first-order valence-corrected chi connectivity index (χ1v) is 25.6. The van der Waals surface area contributed by atoms with Gasteiger partial charge in [-0.1, -0.05) is 86.6 Å². The van der Waals surface area contributed by atoms with Crippen LogP contribution in [0.1, 0.15) is 72.3 Å². The van der Waals surface area contributed by atoms with Crippen molar-refractivity contribution < 1.29 is 41.5 Å². The van der Waals surface area contributed by atoms with E-state index in [-0.39, 0.29) is 5.82 Å². The number of hydrogen-bond donors (Lipinski definition) is 8. The number of amides is 4. The van der Waals surface area contributed by atoms with Crippen LogP contribution in [0.3, 0.4) is 0 Å². The number of rotatable bonds is 10. The molecule has 4 amide bonds. The molecule has 13 nitrogen and oxygen atoms in total. The Morgan fingerprint density at radius 1 is 0.415 bits per heavy atom. The fraction of sp³-hybridized carbons (Fsp3) is 0.0769. The van der Waals surface area contributed by atoms with Crippen molar-refractivity contribution in [2.24, 2.45) is 22.9 Å². The zero-order valence-corrected chi connectivity index (χ0v) is 44.4. The summed E-state index contributed by atoms with van der Waals surface area (Å²) in [7, 11) is 1.63. The van der Waals surface area contributed by atoms with Crippen LogP contribution in [0, 0.1) is 5.82 Å². The number of alkyl halides is 3. The molecule has 12 N–H and O–H groups in total. The maximum atomic E-state index is 12.9. The number of aromatic nitrogens is 4. The van der Waals surface area contributed by atoms with E-state index in [9.17, 15) is 36.7 Å². The van der Waals surface area contributed by atoms with Crippen molar-refractivity contribution in [1.29, 1.82) is 0 Å². The number of primary amides is 4. The second-order valence-corrected chi connectivity index (χ2v) is 19.3. The zero-order chi connectivity index (χ0) is 58.4. The highest BCUT2D eigenvalue weighted by atomic mass is 19.4. The van der Waals surface area contributed by atoms with Crippen molar-refractivity contribution in [2.45, 2.75) is 25.9 Å². The Morgan fingerprint density at radius 3 is 1.05 bits per heavy atom. The van der Waals surface area contributed by atoms with Gasteiger partial charge in [-0.2, -0.15) is 13.2 Å². The predicted molar refractivity (Wildman–Crippen MR) is 315 cm³/mol. The van der Waals surface area contributed by atoms with Gasteiger partial charge in [0.25, 0.3) is 0 Å². The van der Waals surface area contributed by atoms with Crippen LogP contribution in [0.2, 0.25) is 0 Å². The molecule has 12 aromatic rings. The highest BCUT2D eigenvalue weighted by Crippen LogP contribution is 2.34. The Morgan fingerprint density at radius 2 is 0.732 bits per heavy atom. The first-order valence-electron chi connectivity index (χ1n) is 25.6. The minimum atomic E-state index is -4.36. The number of nitrogens with two attached hydrogens (primary N) is 4. The van der Waals surface area contributed by atoms with E-state index in [0.29, 0.717) is 50.3 Å². The summed E-state index contributed by atoms with van der Waals surface area (Å²) in [5, 5.41) is 3.12. The number of benzene rings is 8. The fourth-order valence-corrected chi connectivity index (χ4v) is 9.41. The summed E-state index contributed by atoms with van der Waals surface area (Å²) >= 11 is 0. The molecule has 0 atom stereocenters. The van der Waals surface area contributed by atoms with Gasteiger partial charge in [-0.25, -0.2) is 4.39 Å². The van der Waals surface area contributed by atoms with Gasteiger partial charge in [0.15, 0.2) is 0 Å². The molecule has 12 rings (SSSR count). The molecule has 0 saturated carbocycles. The lowest BCUT2D eigenvalue weighted by molar-refractivity contribution is -0.137. The maximum Gasteiger partial charge on any atom is 0.416 e. The van der Waals surface area contributed by atoms with E-state index in [1.165, 1.54) is 29.8 Å². The van der Waals surface area contributed by atoms with Crippen LogP contribution in [0.4, 0.5) is 17.6 Å². The molecule has 82 heavy (non-hydrogen) atoms. The molecule has 17 heteroatoms. The van der Waals surface area contributed by atoms with Gasteiger partial charge in [0.1, 0.15) is 11.6 Å². The van der Waals surface area contributed by atoms with Gasteiger partial charge in [-0.3, -0.25) is 19.2 Å². The number of methoxy groups -OCH3 is 1. The SMILES string of the molecule is CC(C)c1ccc(-c2cc3c(C(N)=O)cccc3[nH]2)cc1.COc1cccc(-c2cc3c(C(N)=O)cccc3[nH]2)c1.NC(=O)c1cccc2[nH]c(-c3ccc(C(F)(F)F)cc3)cc12.NC(=O)c1cccc2[nH]c(-c3ccc(F)cc3)cc12. The van der Waals surface area contributed by atoms with Crippen molar-refractivity contribution >= 4 is 67.2 Å². The van der Waals surface area contributed by atoms with Crippen LogP contribution in [0.15, 0.2) is 194 Å². The molecule has 0 bridgehead atoms. The summed E-state index contributed by atoms with van der Waals surface area (Å²) in [6, 6.07) is 56.1. The Balaban J connectivity index is 0.000000132. The van der Waals surface area contributed by atoms with Crippen molar-refractivity contribution in [3.8, 4) is 50.8 Å². The van der Waals surface area contributed by atoms with Gasteiger partial charge in [0, 0.05) is 94.2 Å². The first kappa shape index (κ1) is 56.1. The molecule has 0 unspecified atom stereocenters. The number of aromatic amines is 4. The number of carbonyl (C=O) groups excluding carboxylic acids is 4. The number of carbonyl (C=O) groups is 4. The zero-order valence-electron chi connectivity index (χ0n) is 44.4. The summed E-state index contributed by atoms with van der Waals surface area (Å²) in [5.41, 5.74) is 34.3. The van der Waals surface area contributed by atoms with Crippen LogP contribution < -0.4 is 27.7 Å². The largest absolute Gasteiger partial charge is 0.497 e. The Kier molecular flexibility index (Phi) is 16.2. The normalized spacial score (nSPS) is 11.1. The van der Waals surface area contributed by atoms with Gasteiger partial charge in [0.2, 0.25) is 23.6 Å². The smallest absolute Gasteiger partial charge is 0.416 e. The van der Waals surface area contributed by atoms with Crippen LogP contribution in [0.25, 0.3) is 88.6 Å². The summed E-state index contributed by atoms with van der Waals surface area (Å²) < 4.78 is 55.8. The van der Waals surface area contributed by atoms with Gasteiger partial charge >= 0.3 is 6.18 Å². The molecule has 0 saturated heterocycles. The summed E-state index contributed by atoms with van der Waals surface area (Å²) in [5.74, 6) is -0.816. The molecule has 0 aliphatic rings. The lowest BCUT2D eigenvalue weighted by atomic mass is 10.0. The standard InChI is InChI=1S/C18H18N2O.C16H11F3N2O.C16H14N2O2.C15H11FN2O/c1-11(2)12-6-8-13(9-7-12)17-10-15-14(18(19)21)4-3-5-16(15)20-17;17-16(18,19)10-6-4-9(5-7-10)14-8-12-11(15(20)22)2-1-3-13(12)21-14;1-20-11-5-2-4-10(8-11)15-9-13-12(16(17)19)6-3-7-14(13)18-15;16-10-6-4-9(5-7-10)14-8-12-11(15(17)19)2-1-3-13(12)18-14/h3-11,20H,1-2H3,(H2,19,21);1-8,21H,(H2,20,22);2-9,18H,1H3,(H2,17,19);1-8,18H,(H2,17,19). The van der Waals surface area contributed by atoms with Crippen molar-refractivity contribution in [3.63, 3.8) is 0 Å². The third-order valence-electron chi connectivity index (χ3n) is 13.7. The average molecular weight is 1100 g/mol. The third-order valence-corrected chi connectivity index (χ3v) is 13.7. The fourth-order valence-electron chi connectivity index (χ4n) is 9.41. The van der Waals surface area contributed by atoms with Crippen molar-refractivity contribution in [3.05, 3.63) is 233 Å². The summed E-state index contributed by atoms with van der Waals surface area (Å²) in [6.45, 7) is 4.36. The van der Waals surface area contributed by atoms with Crippen LogP contribution in [-0.2, 0) is 6.18 Å².